The van der Waals surface area contributed by atoms with Crippen LogP contribution in [0.15, 0.2) is 30.5 Å². The molecular weight excluding hydrogens is 407 g/mol. The molecule has 8 nitrogen and oxygen atoms in total. The molecule has 0 saturated carbocycles. The van der Waals surface area contributed by atoms with Crippen molar-refractivity contribution in [3.8, 4) is 0 Å². The van der Waals surface area contributed by atoms with Crippen molar-refractivity contribution in [1.82, 2.24) is 9.65 Å². The zero-order chi connectivity index (χ0) is 21.1. The van der Waals surface area contributed by atoms with Gasteiger partial charge in [0.1, 0.15) is 6.04 Å². The molecule has 0 bridgehead atoms. The van der Waals surface area contributed by atoms with Crippen LogP contribution >= 0.6 is 18.1 Å². The topological polar surface area (TPSA) is 107 Å². The molecule has 1 unspecified atom stereocenters. The number of carboxylic acid groups (broad SMARTS) is 1. The van der Waals surface area contributed by atoms with E-state index in [9.17, 15) is 19.3 Å². The van der Waals surface area contributed by atoms with Crippen LogP contribution in [0.3, 0.4) is 0 Å². The van der Waals surface area contributed by atoms with Gasteiger partial charge in [-0.2, -0.15) is 0 Å². The van der Waals surface area contributed by atoms with Crippen molar-refractivity contribution in [2.75, 3.05) is 13.2 Å². The summed E-state index contributed by atoms with van der Waals surface area (Å²) in [6.07, 6.45) is 0.420. The number of nitrogens with one attached hydrogen (secondary N) is 1. The first-order valence-electron chi connectivity index (χ1n) is 8.70. The molecule has 2 aromatic rings. The first-order chi connectivity index (χ1) is 13.0. The van der Waals surface area contributed by atoms with Crippen molar-refractivity contribution >= 4 is 41.1 Å². The minimum absolute atomic E-state index is 0.0153. The minimum Gasteiger partial charge on any atom is -0.465 e. The second-order valence-corrected chi connectivity index (χ2v) is 9.79. The molecule has 0 fully saturated rings. The summed E-state index contributed by atoms with van der Waals surface area (Å²) >= 11 is 5.95. The highest BCUT2D eigenvalue weighted by Crippen LogP contribution is 2.50. The fraction of sp³-hybridized carbons (Fsp3) is 0.444. The van der Waals surface area contributed by atoms with Gasteiger partial charge in [-0.3, -0.25) is 13.9 Å². The summed E-state index contributed by atoms with van der Waals surface area (Å²) in [5.74, 6) is -0.570. The molecule has 0 radical (unpaired) electrons. The number of esters is 1. The zero-order valence-corrected chi connectivity index (χ0v) is 17.8. The number of halogens is 1. The molecule has 2 N–H and O–H groups in total. The summed E-state index contributed by atoms with van der Waals surface area (Å²) < 4.78 is 23.8. The standard InChI is InChI=1S/C18H24ClN2O6P/c1-5-26-16(22)12(2)20-28(19,25)27-11-18(3,4)14-6-7-15-13(10-14)8-9-21(15)17(23)24/h6-10,12H,5,11H2,1-4H3,(H,20,25)(H,23,24)/t12-,28?/m0/s1. The Morgan fingerprint density at radius 1 is 1.36 bits per heavy atom. The lowest BCUT2D eigenvalue weighted by Crippen LogP contribution is -2.33. The maximum atomic E-state index is 12.5. The fourth-order valence-electron chi connectivity index (χ4n) is 2.65. The fourth-order valence-corrected chi connectivity index (χ4v) is 4.36. The van der Waals surface area contributed by atoms with Crippen molar-refractivity contribution in [3.05, 3.63) is 36.0 Å². The quantitative estimate of drug-likeness (QED) is 0.473. The number of ether oxygens (including phenoxy) is 1. The Hall–Kier alpha value is -1.86. The number of hydrogen-bond donors (Lipinski definition) is 2. The predicted octanol–water partition coefficient (Wildman–Crippen LogP) is 4.35. The lowest BCUT2D eigenvalue weighted by Gasteiger charge is -2.27. The molecule has 1 aromatic carbocycles. The summed E-state index contributed by atoms with van der Waals surface area (Å²) in [6, 6.07) is 6.18. The summed E-state index contributed by atoms with van der Waals surface area (Å²) in [4.78, 5) is 22.9. The van der Waals surface area contributed by atoms with Crippen LogP contribution in [0.5, 0.6) is 0 Å². The third-order valence-corrected chi connectivity index (χ3v) is 6.00. The van der Waals surface area contributed by atoms with Crippen LogP contribution in [0.1, 0.15) is 33.3 Å². The Balaban J connectivity index is 2.10. The van der Waals surface area contributed by atoms with Crippen LogP contribution < -0.4 is 5.09 Å². The van der Waals surface area contributed by atoms with Crippen molar-refractivity contribution in [1.29, 1.82) is 0 Å². The molecule has 1 aromatic heterocycles. The van der Waals surface area contributed by atoms with E-state index in [-0.39, 0.29) is 13.2 Å². The number of aromatic nitrogens is 1. The van der Waals surface area contributed by atoms with Crippen molar-refractivity contribution in [3.63, 3.8) is 0 Å². The normalized spacial score (nSPS) is 15.2. The maximum Gasteiger partial charge on any atom is 0.415 e. The summed E-state index contributed by atoms with van der Waals surface area (Å²) in [5, 5.41) is 12.4. The van der Waals surface area contributed by atoms with E-state index in [1.165, 1.54) is 13.1 Å². The van der Waals surface area contributed by atoms with Crippen LogP contribution in [0.2, 0.25) is 0 Å². The van der Waals surface area contributed by atoms with Gasteiger partial charge in [-0.1, -0.05) is 19.9 Å². The predicted molar refractivity (Wildman–Crippen MR) is 107 cm³/mol. The number of carbonyl (C=O) groups is 2. The molecule has 0 aliphatic carbocycles. The highest BCUT2D eigenvalue weighted by atomic mass is 35.7. The van der Waals surface area contributed by atoms with Crippen LogP contribution in [0, 0.1) is 0 Å². The first kappa shape index (κ1) is 22.4. The number of fused-ring (bicyclic) bond motifs is 1. The summed E-state index contributed by atoms with van der Waals surface area (Å²) in [5.41, 5.74) is 0.859. The summed E-state index contributed by atoms with van der Waals surface area (Å²) in [6.45, 7) is 3.39. The Morgan fingerprint density at radius 2 is 2.04 bits per heavy atom. The highest BCUT2D eigenvalue weighted by molar-refractivity contribution is 7.83. The third-order valence-electron chi connectivity index (χ3n) is 4.26. The van der Waals surface area contributed by atoms with Crippen molar-refractivity contribution in [2.45, 2.75) is 39.2 Å². The Bertz CT molecular complexity index is 926. The molecule has 0 aliphatic rings. The lowest BCUT2D eigenvalue weighted by atomic mass is 9.85. The smallest absolute Gasteiger partial charge is 0.415 e. The van der Waals surface area contributed by atoms with E-state index >= 15 is 0 Å². The second kappa shape index (κ2) is 8.66. The number of carbonyl (C=O) groups excluding carboxylic acids is 1. The van der Waals surface area contributed by atoms with E-state index in [0.717, 1.165) is 15.5 Å². The minimum atomic E-state index is -3.76. The third kappa shape index (κ3) is 5.35. The van der Waals surface area contributed by atoms with Crippen molar-refractivity contribution in [2.24, 2.45) is 0 Å². The van der Waals surface area contributed by atoms with Crippen molar-refractivity contribution < 1.29 is 28.5 Å². The van der Waals surface area contributed by atoms with E-state index < -0.39 is 30.4 Å². The number of rotatable bonds is 8. The molecule has 0 saturated heterocycles. The van der Waals surface area contributed by atoms with Crippen LogP contribution in [-0.4, -0.2) is 41.0 Å². The van der Waals surface area contributed by atoms with Gasteiger partial charge in [0.15, 0.2) is 0 Å². The van der Waals surface area contributed by atoms with E-state index in [1.54, 1.807) is 25.1 Å². The molecule has 0 amide bonds. The van der Waals surface area contributed by atoms with E-state index in [1.807, 2.05) is 19.9 Å². The lowest BCUT2D eigenvalue weighted by molar-refractivity contribution is -0.144. The van der Waals surface area contributed by atoms with Gasteiger partial charge in [0, 0.05) is 17.0 Å². The second-order valence-electron chi connectivity index (χ2n) is 6.98. The molecule has 2 atom stereocenters. The molecule has 10 heteroatoms. The SMILES string of the molecule is CCOC(=O)[C@H](C)NP(=O)(Cl)OCC(C)(C)c1ccc2c(ccn2C(=O)O)c1. The van der Waals surface area contributed by atoms with Gasteiger partial charge >= 0.3 is 18.9 Å². The van der Waals surface area contributed by atoms with Gasteiger partial charge < -0.3 is 14.4 Å². The van der Waals surface area contributed by atoms with Crippen LogP contribution in [-0.2, 0) is 24.0 Å². The molecule has 154 valence electrons. The molecule has 1 heterocycles. The first-order valence-corrected chi connectivity index (χ1v) is 11.2. The van der Waals surface area contributed by atoms with Crippen LogP contribution in [0.4, 0.5) is 4.79 Å². The zero-order valence-electron chi connectivity index (χ0n) is 16.1. The molecule has 28 heavy (non-hydrogen) atoms. The van der Waals surface area contributed by atoms with Gasteiger partial charge in [-0.05, 0) is 48.9 Å². The number of hydrogen-bond acceptors (Lipinski definition) is 5. The highest BCUT2D eigenvalue weighted by Gasteiger charge is 2.31. The monoisotopic (exact) mass is 430 g/mol. The molecule has 0 spiro atoms. The van der Waals surface area contributed by atoms with Gasteiger partial charge in [0.25, 0.3) is 0 Å². The average Bonchev–Trinajstić information content (AvgIpc) is 3.03. The van der Waals surface area contributed by atoms with Gasteiger partial charge in [0.05, 0.1) is 18.7 Å². The number of nitrogens with zero attached hydrogens (tertiary/aromatic N) is 1. The Labute approximate surface area is 168 Å². The molecule has 2 rings (SSSR count). The summed E-state index contributed by atoms with van der Waals surface area (Å²) in [7, 11) is 0. The Kier molecular flexibility index (Phi) is 6.93. The molecule has 0 aliphatic heterocycles. The number of benzene rings is 1. The molecular formula is C18H24ClN2O6P. The Morgan fingerprint density at radius 3 is 2.64 bits per heavy atom. The van der Waals surface area contributed by atoms with E-state index in [4.69, 9.17) is 20.5 Å². The van der Waals surface area contributed by atoms with Gasteiger partial charge in [-0.25, -0.2) is 9.88 Å². The van der Waals surface area contributed by atoms with Gasteiger partial charge in [-0.15, -0.1) is 0 Å². The average molecular weight is 431 g/mol. The van der Waals surface area contributed by atoms with E-state index in [2.05, 4.69) is 5.09 Å². The van der Waals surface area contributed by atoms with Crippen LogP contribution in [0.25, 0.3) is 10.9 Å². The largest absolute Gasteiger partial charge is 0.465 e. The van der Waals surface area contributed by atoms with E-state index in [0.29, 0.717) is 5.52 Å². The maximum absolute atomic E-state index is 12.5. The van der Waals surface area contributed by atoms with Gasteiger partial charge in [0.2, 0.25) is 0 Å².